The third-order valence-corrected chi connectivity index (χ3v) is 3.74. The minimum atomic E-state index is -0.281. The van der Waals surface area contributed by atoms with Crippen molar-refractivity contribution in [3.05, 3.63) is 64.1 Å². The number of carbonyl (C=O) groups excluding carboxylic acids is 1. The fraction of sp³-hybridized carbons (Fsp3) is 0.235. The summed E-state index contributed by atoms with van der Waals surface area (Å²) in [5.74, 6) is -0.0153. The number of nitrogens with one attached hydrogen (secondary N) is 2. The summed E-state index contributed by atoms with van der Waals surface area (Å²) < 4.78 is 1.02. The monoisotopic (exact) mass is 346 g/mol. The van der Waals surface area contributed by atoms with Crippen molar-refractivity contribution < 1.29 is 4.79 Å². The molecule has 4 heteroatoms. The molecule has 2 N–H and O–H groups in total. The molecule has 0 saturated carbocycles. The predicted octanol–water partition coefficient (Wildman–Crippen LogP) is 3.87. The second-order valence-corrected chi connectivity index (χ2v) is 5.99. The van der Waals surface area contributed by atoms with Crippen molar-refractivity contribution in [2.45, 2.75) is 26.4 Å². The Labute approximate surface area is 133 Å². The Morgan fingerprint density at radius 3 is 2.33 bits per heavy atom. The molecule has 2 rings (SSSR count). The molecule has 0 bridgehead atoms. The van der Waals surface area contributed by atoms with Crippen LogP contribution in [-0.4, -0.2) is 11.9 Å². The molecule has 0 aliphatic heterocycles. The minimum Gasteiger partial charge on any atom is -0.374 e. The Morgan fingerprint density at radius 2 is 1.71 bits per heavy atom. The molecule has 0 spiro atoms. The maximum absolute atomic E-state index is 12.1. The average molecular weight is 347 g/mol. The van der Waals surface area contributed by atoms with Crippen molar-refractivity contribution in [2.75, 3.05) is 5.32 Å². The molecular formula is C17H19BrN2O. The van der Waals surface area contributed by atoms with Crippen LogP contribution < -0.4 is 10.6 Å². The van der Waals surface area contributed by atoms with Crippen molar-refractivity contribution in [1.82, 2.24) is 5.32 Å². The lowest BCUT2D eigenvalue weighted by Gasteiger charge is -2.15. The van der Waals surface area contributed by atoms with Crippen LogP contribution in [0.5, 0.6) is 0 Å². The van der Waals surface area contributed by atoms with Crippen LogP contribution in [-0.2, 0) is 11.3 Å². The minimum absolute atomic E-state index is 0.0153. The van der Waals surface area contributed by atoms with Gasteiger partial charge >= 0.3 is 0 Å². The summed E-state index contributed by atoms with van der Waals surface area (Å²) in [4.78, 5) is 12.1. The highest BCUT2D eigenvalue weighted by atomic mass is 79.9. The Kier molecular flexibility index (Phi) is 5.39. The number of aryl methyl sites for hydroxylation is 1. The lowest BCUT2D eigenvalue weighted by atomic mass is 10.1. The normalized spacial score (nSPS) is 11.8. The first-order valence-electron chi connectivity index (χ1n) is 6.90. The topological polar surface area (TPSA) is 41.1 Å². The largest absolute Gasteiger partial charge is 0.374 e. The first-order valence-corrected chi connectivity index (χ1v) is 7.69. The van der Waals surface area contributed by atoms with E-state index in [2.05, 4.69) is 26.6 Å². The van der Waals surface area contributed by atoms with E-state index in [4.69, 9.17) is 0 Å². The van der Waals surface area contributed by atoms with Gasteiger partial charge in [-0.3, -0.25) is 4.79 Å². The van der Waals surface area contributed by atoms with E-state index < -0.39 is 0 Å². The van der Waals surface area contributed by atoms with Crippen LogP contribution >= 0.6 is 15.9 Å². The van der Waals surface area contributed by atoms with E-state index in [1.54, 1.807) is 0 Å². The summed E-state index contributed by atoms with van der Waals surface area (Å²) in [6.45, 7) is 4.45. The van der Waals surface area contributed by atoms with E-state index in [-0.39, 0.29) is 11.9 Å². The van der Waals surface area contributed by atoms with Gasteiger partial charge in [-0.15, -0.1) is 0 Å². The summed E-state index contributed by atoms with van der Waals surface area (Å²) in [5.41, 5.74) is 3.25. The number of halogens is 1. The number of anilines is 1. The highest BCUT2D eigenvalue weighted by molar-refractivity contribution is 9.10. The van der Waals surface area contributed by atoms with Crippen LogP contribution in [0, 0.1) is 6.92 Å². The van der Waals surface area contributed by atoms with Crippen molar-refractivity contribution in [1.29, 1.82) is 0 Å². The number of benzene rings is 2. The quantitative estimate of drug-likeness (QED) is 0.862. The molecule has 110 valence electrons. The van der Waals surface area contributed by atoms with Crippen LogP contribution in [0.15, 0.2) is 53.0 Å². The van der Waals surface area contributed by atoms with Gasteiger partial charge in [-0.2, -0.15) is 0 Å². The molecule has 0 aromatic heterocycles. The molecular weight excluding hydrogens is 328 g/mol. The summed E-state index contributed by atoms with van der Waals surface area (Å²) >= 11 is 3.39. The molecule has 3 nitrogen and oxygen atoms in total. The SMILES string of the molecule is Cc1ccc(CNC(=O)C(C)Nc2ccc(Br)cc2)cc1. The van der Waals surface area contributed by atoms with Gasteiger partial charge in [0.2, 0.25) is 5.91 Å². The Balaban J connectivity index is 1.84. The van der Waals surface area contributed by atoms with Gasteiger partial charge in [-0.25, -0.2) is 0 Å². The Morgan fingerprint density at radius 1 is 1.10 bits per heavy atom. The highest BCUT2D eigenvalue weighted by Crippen LogP contribution is 2.14. The number of hydrogen-bond donors (Lipinski definition) is 2. The van der Waals surface area contributed by atoms with Gasteiger partial charge < -0.3 is 10.6 Å². The van der Waals surface area contributed by atoms with Crippen molar-refractivity contribution >= 4 is 27.5 Å². The van der Waals surface area contributed by atoms with E-state index in [9.17, 15) is 4.79 Å². The van der Waals surface area contributed by atoms with E-state index in [1.165, 1.54) is 5.56 Å². The first kappa shape index (κ1) is 15.6. The van der Waals surface area contributed by atoms with Crippen LogP contribution in [0.25, 0.3) is 0 Å². The Hall–Kier alpha value is -1.81. The van der Waals surface area contributed by atoms with Gasteiger partial charge in [0.25, 0.3) is 0 Å². The van der Waals surface area contributed by atoms with Gasteiger partial charge in [0.05, 0.1) is 0 Å². The van der Waals surface area contributed by atoms with Crippen LogP contribution in [0.1, 0.15) is 18.1 Å². The zero-order valence-electron chi connectivity index (χ0n) is 12.2. The molecule has 0 aliphatic carbocycles. The third-order valence-electron chi connectivity index (χ3n) is 3.21. The molecule has 0 heterocycles. The maximum atomic E-state index is 12.1. The summed E-state index contributed by atoms with van der Waals surface area (Å²) in [7, 11) is 0. The molecule has 0 radical (unpaired) electrons. The molecule has 0 fully saturated rings. The molecule has 21 heavy (non-hydrogen) atoms. The zero-order valence-corrected chi connectivity index (χ0v) is 13.8. The molecule has 0 saturated heterocycles. The van der Waals surface area contributed by atoms with E-state index in [0.717, 1.165) is 15.7 Å². The smallest absolute Gasteiger partial charge is 0.242 e. The first-order chi connectivity index (χ1) is 10.0. The van der Waals surface area contributed by atoms with Gasteiger partial charge in [-0.05, 0) is 43.7 Å². The summed E-state index contributed by atoms with van der Waals surface area (Å²) in [6, 6.07) is 15.6. The fourth-order valence-electron chi connectivity index (χ4n) is 1.91. The fourth-order valence-corrected chi connectivity index (χ4v) is 2.17. The summed E-state index contributed by atoms with van der Waals surface area (Å²) in [6.07, 6.45) is 0. The lowest BCUT2D eigenvalue weighted by molar-refractivity contribution is -0.121. The standard InChI is InChI=1S/C17H19BrN2O/c1-12-3-5-14(6-4-12)11-19-17(21)13(2)20-16-9-7-15(18)8-10-16/h3-10,13,20H,11H2,1-2H3,(H,19,21). The number of carbonyl (C=O) groups is 1. The third kappa shape index (κ3) is 4.90. The number of amides is 1. The molecule has 1 unspecified atom stereocenters. The maximum Gasteiger partial charge on any atom is 0.242 e. The van der Waals surface area contributed by atoms with E-state index >= 15 is 0 Å². The predicted molar refractivity (Wildman–Crippen MR) is 90.3 cm³/mol. The second-order valence-electron chi connectivity index (χ2n) is 5.08. The molecule has 2 aromatic carbocycles. The van der Waals surface area contributed by atoms with Crippen molar-refractivity contribution in [2.24, 2.45) is 0 Å². The number of rotatable bonds is 5. The van der Waals surface area contributed by atoms with Crippen molar-refractivity contribution in [3.63, 3.8) is 0 Å². The van der Waals surface area contributed by atoms with Gasteiger partial charge in [-0.1, -0.05) is 45.8 Å². The average Bonchev–Trinajstić information content (AvgIpc) is 2.48. The molecule has 2 aromatic rings. The Bertz CT molecular complexity index is 593. The van der Waals surface area contributed by atoms with Crippen LogP contribution in [0.2, 0.25) is 0 Å². The van der Waals surface area contributed by atoms with Gasteiger partial charge in [0.1, 0.15) is 6.04 Å². The summed E-state index contributed by atoms with van der Waals surface area (Å²) in [5, 5.41) is 6.12. The zero-order chi connectivity index (χ0) is 15.2. The van der Waals surface area contributed by atoms with Crippen LogP contribution in [0.3, 0.4) is 0 Å². The number of hydrogen-bond acceptors (Lipinski definition) is 2. The van der Waals surface area contributed by atoms with Gasteiger partial charge in [0, 0.05) is 16.7 Å². The van der Waals surface area contributed by atoms with Crippen molar-refractivity contribution in [3.8, 4) is 0 Å². The van der Waals surface area contributed by atoms with Crippen LogP contribution in [0.4, 0.5) is 5.69 Å². The molecule has 1 atom stereocenters. The van der Waals surface area contributed by atoms with Gasteiger partial charge in [0.15, 0.2) is 0 Å². The highest BCUT2D eigenvalue weighted by Gasteiger charge is 2.11. The molecule has 0 aliphatic rings. The van der Waals surface area contributed by atoms with E-state index in [0.29, 0.717) is 6.54 Å². The lowest BCUT2D eigenvalue weighted by Crippen LogP contribution is -2.37. The van der Waals surface area contributed by atoms with E-state index in [1.807, 2.05) is 62.4 Å². The second kappa shape index (κ2) is 7.27. The molecule has 1 amide bonds.